The van der Waals surface area contributed by atoms with E-state index in [0.29, 0.717) is 19.7 Å². The first-order chi connectivity index (χ1) is 13.6. The lowest BCUT2D eigenvalue weighted by atomic mass is 9.87. The summed E-state index contributed by atoms with van der Waals surface area (Å²) in [6.45, 7) is 1.25. The molecule has 0 radical (unpaired) electrons. The number of hydrogen-bond donors (Lipinski definition) is 0. The number of benzene rings is 3. The van der Waals surface area contributed by atoms with Gasteiger partial charge < -0.3 is 19.5 Å². The average Bonchev–Trinajstić information content (AvgIpc) is 2.72. The summed E-state index contributed by atoms with van der Waals surface area (Å²) in [6, 6.07) is 22.7. The van der Waals surface area contributed by atoms with Gasteiger partial charge in [0.1, 0.15) is 6.09 Å². The summed E-state index contributed by atoms with van der Waals surface area (Å²) in [6.07, 6.45) is -0.620. The highest BCUT2D eigenvalue weighted by molar-refractivity contribution is 9.10. The number of likely N-dealkylation sites (tertiary alicyclic amines) is 1. The van der Waals surface area contributed by atoms with E-state index in [9.17, 15) is 9.90 Å². The Balaban J connectivity index is 1.53. The lowest BCUT2D eigenvalue weighted by molar-refractivity contribution is -0.268. The SMILES string of the molecule is O=C([O-])N1CCC(c2ccc(Br)cc2)C(OCc2ccc3ccccc3c2)C1. The van der Waals surface area contributed by atoms with Gasteiger partial charge >= 0.3 is 0 Å². The first kappa shape index (κ1) is 19.0. The molecule has 0 spiro atoms. The van der Waals surface area contributed by atoms with Gasteiger partial charge in [0, 0.05) is 23.5 Å². The Morgan fingerprint density at radius 1 is 1.07 bits per heavy atom. The highest BCUT2D eigenvalue weighted by Crippen LogP contribution is 2.32. The molecule has 144 valence electrons. The normalized spacial score (nSPS) is 19.7. The Labute approximate surface area is 172 Å². The molecule has 1 aliphatic heterocycles. The molecule has 3 aromatic rings. The van der Waals surface area contributed by atoms with E-state index in [4.69, 9.17) is 4.74 Å². The second-order valence-corrected chi connectivity index (χ2v) is 8.11. The lowest BCUT2D eigenvalue weighted by Crippen LogP contribution is -2.51. The fourth-order valence-corrected chi connectivity index (χ4v) is 4.14. The van der Waals surface area contributed by atoms with Crippen molar-refractivity contribution in [1.29, 1.82) is 0 Å². The van der Waals surface area contributed by atoms with Gasteiger partial charge in [-0.1, -0.05) is 64.5 Å². The van der Waals surface area contributed by atoms with Crippen LogP contribution in [0, 0.1) is 0 Å². The van der Waals surface area contributed by atoms with Crippen molar-refractivity contribution < 1.29 is 14.6 Å². The molecule has 3 aromatic carbocycles. The van der Waals surface area contributed by atoms with Crippen molar-refractivity contribution in [3.63, 3.8) is 0 Å². The van der Waals surface area contributed by atoms with E-state index in [1.807, 2.05) is 24.3 Å². The van der Waals surface area contributed by atoms with E-state index >= 15 is 0 Å². The number of piperidine rings is 1. The molecule has 4 rings (SSSR count). The van der Waals surface area contributed by atoms with E-state index in [0.717, 1.165) is 16.5 Å². The van der Waals surface area contributed by atoms with Crippen LogP contribution in [0.3, 0.4) is 0 Å². The summed E-state index contributed by atoms with van der Waals surface area (Å²) in [4.78, 5) is 12.7. The quantitative estimate of drug-likeness (QED) is 0.609. The third-order valence-corrected chi connectivity index (χ3v) is 5.92. The van der Waals surface area contributed by atoms with Crippen molar-refractivity contribution >= 4 is 32.8 Å². The topological polar surface area (TPSA) is 52.6 Å². The zero-order chi connectivity index (χ0) is 19.5. The summed E-state index contributed by atoms with van der Waals surface area (Å²) in [7, 11) is 0. The summed E-state index contributed by atoms with van der Waals surface area (Å²) in [5, 5.41) is 13.7. The second kappa shape index (κ2) is 8.33. The molecular formula is C23H21BrNO3-. The molecule has 0 aromatic heterocycles. The molecule has 1 heterocycles. The Bertz CT molecular complexity index is 973. The summed E-state index contributed by atoms with van der Waals surface area (Å²) in [5.41, 5.74) is 2.25. The van der Waals surface area contributed by atoms with E-state index in [-0.39, 0.29) is 12.0 Å². The number of carbonyl (C=O) groups excluding carboxylic acids is 1. The van der Waals surface area contributed by atoms with Gasteiger partial charge in [-0.15, -0.1) is 0 Å². The zero-order valence-electron chi connectivity index (χ0n) is 15.4. The second-order valence-electron chi connectivity index (χ2n) is 7.19. The van der Waals surface area contributed by atoms with Crippen LogP contribution in [0.4, 0.5) is 4.79 Å². The van der Waals surface area contributed by atoms with E-state index in [2.05, 4.69) is 58.4 Å². The molecule has 0 N–H and O–H groups in total. The lowest BCUT2D eigenvalue weighted by Gasteiger charge is -2.40. The van der Waals surface area contributed by atoms with Gasteiger partial charge in [0.25, 0.3) is 0 Å². The first-order valence-electron chi connectivity index (χ1n) is 9.41. The maximum atomic E-state index is 11.4. The predicted molar refractivity (Wildman–Crippen MR) is 111 cm³/mol. The van der Waals surface area contributed by atoms with Crippen LogP contribution in [0.5, 0.6) is 0 Å². The Hall–Kier alpha value is -2.37. The van der Waals surface area contributed by atoms with Crippen LogP contribution in [0.25, 0.3) is 10.8 Å². The molecule has 1 fully saturated rings. The largest absolute Gasteiger partial charge is 0.530 e. The summed E-state index contributed by atoms with van der Waals surface area (Å²) < 4.78 is 7.28. The molecule has 28 heavy (non-hydrogen) atoms. The Morgan fingerprint density at radius 2 is 1.82 bits per heavy atom. The molecule has 1 amide bonds. The minimum atomic E-state index is -1.13. The average molecular weight is 439 g/mol. The molecule has 0 saturated carbocycles. The van der Waals surface area contributed by atoms with Gasteiger partial charge in [-0.3, -0.25) is 0 Å². The number of carbonyl (C=O) groups is 1. The van der Waals surface area contributed by atoms with Gasteiger partial charge in [0.05, 0.1) is 12.7 Å². The van der Waals surface area contributed by atoms with Crippen molar-refractivity contribution in [3.8, 4) is 0 Å². The number of amides is 1. The van der Waals surface area contributed by atoms with Gasteiger partial charge in [0.15, 0.2) is 0 Å². The summed E-state index contributed by atoms with van der Waals surface area (Å²) in [5.74, 6) is 0.157. The smallest absolute Gasteiger partial charge is 0.137 e. The number of hydrogen-bond acceptors (Lipinski definition) is 3. The van der Waals surface area contributed by atoms with E-state index in [1.54, 1.807) is 0 Å². The van der Waals surface area contributed by atoms with Crippen molar-refractivity contribution in [1.82, 2.24) is 4.90 Å². The van der Waals surface area contributed by atoms with Gasteiger partial charge in [-0.05, 0) is 46.5 Å². The van der Waals surface area contributed by atoms with Crippen LogP contribution in [-0.4, -0.2) is 30.2 Å². The van der Waals surface area contributed by atoms with Gasteiger partial charge in [0.2, 0.25) is 0 Å². The molecule has 1 aliphatic rings. The molecule has 2 unspecified atom stereocenters. The minimum Gasteiger partial charge on any atom is -0.530 e. The maximum Gasteiger partial charge on any atom is 0.137 e. The van der Waals surface area contributed by atoms with E-state index in [1.165, 1.54) is 21.2 Å². The molecule has 0 bridgehead atoms. The Morgan fingerprint density at radius 3 is 2.57 bits per heavy atom. The van der Waals surface area contributed by atoms with Crippen LogP contribution >= 0.6 is 15.9 Å². The molecule has 0 aliphatic carbocycles. The van der Waals surface area contributed by atoms with Gasteiger partial charge in [-0.25, -0.2) is 0 Å². The molecule has 4 nitrogen and oxygen atoms in total. The molecule has 2 atom stereocenters. The summed E-state index contributed by atoms with van der Waals surface area (Å²) >= 11 is 3.47. The molecule has 5 heteroatoms. The fraction of sp³-hybridized carbons (Fsp3) is 0.261. The van der Waals surface area contributed by atoms with Crippen LogP contribution < -0.4 is 5.11 Å². The first-order valence-corrected chi connectivity index (χ1v) is 10.2. The highest BCUT2D eigenvalue weighted by Gasteiger charge is 2.31. The minimum absolute atomic E-state index is 0.157. The van der Waals surface area contributed by atoms with Gasteiger partial charge in [-0.2, -0.15) is 0 Å². The third-order valence-electron chi connectivity index (χ3n) is 5.39. The number of rotatable bonds is 4. The molecular weight excluding hydrogens is 418 g/mol. The number of carboxylic acid groups (broad SMARTS) is 1. The molecule has 1 saturated heterocycles. The highest BCUT2D eigenvalue weighted by atomic mass is 79.9. The van der Waals surface area contributed by atoms with Crippen LogP contribution in [0.1, 0.15) is 23.5 Å². The number of halogens is 1. The number of fused-ring (bicyclic) bond motifs is 1. The third kappa shape index (κ3) is 4.21. The van der Waals surface area contributed by atoms with Crippen molar-refractivity contribution in [2.75, 3.05) is 13.1 Å². The van der Waals surface area contributed by atoms with E-state index < -0.39 is 6.09 Å². The van der Waals surface area contributed by atoms with Crippen molar-refractivity contribution in [2.45, 2.75) is 25.0 Å². The maximum absolute atomic E-state index is 11.4. The van der Waals surface area contributed by atoms with Crippen LogP contribution in [0.15, 0.2) is 71.2 Å². The van der Waals surface area contributed by atoms with Crippen LogP contribution in [-0.2, 0) is 11.3 Å². The number of nitrogens with zero attached hydrogens (tertiary/aromatic N) is 1. The Kier molecular flexibility index (Phi) is 5.64. The van der Waals surface area contributed by atoms with Crippen molar-refractivity contribution in [2.24, 2.45) is 0 Å². The van der Waals surface area contributed by atoms with Crippen LogP contribution in [0.2, 0.25) is 0 Å². The number of ether oxygens (including phenoxy) is 1. The van der Waals surface area contributed by atoms with Crippen molar-refractivity contribution in [3.05, 3.63) is 82.3 Å². The predicted octanol–water partition coefficient (Wildman–Crippen LogP) is 4.32. The standard InChI is InChI=1S/C23H22BrNO3/c24-20-9-7-18(8-10-20)21-11-12-25(23(26)27)14-22(21)28-15-16-5-6-17-3-1-2-4-19(17)13-16/h1-10,13,21-22H,11-12,14-15H2,(H,26,27)/p-1. The zero-order valence-corrected chi connectivity index (χ0v) is 17.0. The fourth-order valence-electron chi connectivity index (χ4n) is 3.87. The monoisotopic (exact) mass is 438 g/mol.